The Morgan fingerprint density at radius 3 is 2.67 bits per heavy atom. The Bertz CT molecular complexity index is 586. The van der Waals surface area contributed by atoms with E-state index in [4.69, 9.17) is 9.84 Å². The van der Waals surface area contributed by atoms with Gasteiger partial charge < -0.3 is 14.7 Å². The van der Waals surface area contributed by atoms with Crippen molar-refractivity contribution in [3.8, 4) is 5.75 Å². The van der Waals surface area contributed by atoms with Gasteiger partial charge in [-0.3, -0.25) is 14.9 Å². The second-order valence-corrected chi connectivity index (χ2v) is 5.02. The Labute approximate surface area is 120 Å². The monoisotopic (exact) mass is 298 g/mol. The van der Waals surface area contributed by atoms with Crippen LogP contribution in [0.25, 0.3) is 0 Å². The summed E-state index contributed by atoms with van der Waals surface area (Å²) < 4.78 is 18.4. The number of hydrogen-bond acceptors (Lipinski definition) is 5. The van der Waals surface area contributed by atoms with Crippen molar-refractivity contribution in [2.75, 3.05) is 25.1 Å². The molecule has 1 aliphatic rings. The van der Waals surface area contributed by atoms with Gasteiger partial charge in [-0.2, -0.15) is 0 Å². The van der Waals surface area contributed by atoms with E-state index in [2.05, 4.69) is 0 Å². The van der Waals surface area contributed by atoms with Gasteiger partial charge in [0.1, 0.15) is 5.69 Å². The maximum Gasteiger partial charge on any atom is 0.306 e. The molecule has 21 heavy (non-hydrogen) atoms. The van der Waals surface area contributed by atoms with Gasteiger partial charge in [0, 0.05) is 25.1 Å². The summed E-state index contributed by atoms with van der Waals surface area (Å²) in [7, 11) is 1.28. The van der Waals surface area contributed by atoms with Crippen LogP contribution in [0.1, 0.15) is 6.92 Å². The zero-order valence-corrected chi connectivity index (χ0v) is 11.6. The number of ether oxygens (including phenoxy) is 1. The maximum absolute atomic E-state index is 13.6. The molecule has 1 saturated heterocycles. The SMILES string of the molecule is COc1cc(N2CC(C(C)C(=O)O)C2)c([N+](=O)[O-])cc1F. The third kappa shape index (κ3) is 2.74. The highest BCUT2D eigenvalue weighted by Crippen LogP contribution is 2.39. The molecule has 0 aliphatic carbocycles. The first-order valence-electron chi connectivity index (χ1n) is 6.34. The van der Waals surface area contributed by atoms with Crippen molar-refractivity contribution in [1.82, 2.24) is 0 Å². The van der Waals surface area contributed by atoms with E-state index < -0.39 is 22.6 Å². The highest BCUT2D eigenvalue weighted by molar-refractivity contribution is 5.72. The molecular weight excluding hydrogens is 283 g/mol. The molecule has 1 aromatic carbocycles. The summed E-state index contributed by atoms with van der Waals surface area (Å²) in [5.74, 6) is -2.39. The number of methoxy groups -OCH3 is 1. The average molecular weight is 298 g/mol. The molecular formula is C13H15FN2O5. The van der Waals surface area contributed by atoms with E-state index in [0.29, 0.717) is 13.1 Å². The average Bonchev–Trinajstić information content (AvgIpc) is 2.37. The van der Waals surface area contributed by atoms with Crippen molar-refractivity contribution in [2.24, 2.45) is 11.8 Å². The van der Waals surface area contributed by atoms with Gasteiger partial charge in [0.05, 0.1) is 24.0 Å². The first kappa shape index (κ1) is 15.0. The van der Waals surface area contributed by atoms with E-state index in [0.717, 1.165) is 6.07 Å². The van der Waals surface area contributed by atoms with E-state index in [1.54, 1.807) is 11.8 Å². The number of benzene rings is 1. The summed E-state index contributed by atoms with van der Waals surface area (Å²) in [5.41, 5.74) is -0.109. The van der Waals surface area contributed by atoms with Crippen LogP contribution < -0.4 is 9.64 Å². The van der Waals surface area contributed by atoms with Crippen molar-refractivity contribution in [3.63, 3.8) is 0 Å². The molecule has 0 radical (unpaired) electrons. The van der Waals surface area contributed by atoms with E-state index in [-0.39, 0.29) is 23.0 Å². The number of rotatable bonds is 5. The molecule has 1 atom stereocenters. The summed E-state index contributed by atoms with van der Waals surface area (Å²) in [6.07, 6.45) is 0. The molecule has 1 aliphatic heterocycles. The number of carboxylic acids is 1. The van der Waals surface area contributed by atoms with Crippen LogP contribution >= 0.6 is 0 Å². The summed E-state index contributed by atoms with van der Waals surface area (Å²) in [5, 5.41) is 20.0. The van der Waals surface area contributed by atoms with E-state index in [1.165, 1.54) is 13.2 Å². The van der Waals surface area contributed by atoms with Gasteiger partial charge in [-0.25, -0.2) is 4.39 Å². The number of nitrogens with zero attached hydrogens (tertiary/aromatic N) is 2. The number of halogens is 1. The summed E-state index contributed by atoms with van der Waals surface area (Å²) >= 11 is 0. The van der Waals surface area contributed by atoms with E-state index >= 15 is 0 Å². The third-order valence-corrected chi connectivity index (χ3v) is 3.79. The minimum atomic E-state index is -0.897. The lowest BCUT2D eigenvalue weighted by molar-refractivity contribution is -0.384. The number of nitro benzene ring substituents is 1. The van der Waals surface area contributed by atoms with Gasteiger partial charge in [-0.1, -0.05) is 6.92 Å². The summed E-state index contributed by atoms with van der Waals surface area (Å²) in [6.45, 7) is 2.36. The van der Waals surface area contributed by atoms with Crippen molar-refractivity contribution in [1.29, 1.82) is 0 Å². The predicted molar refractivity (Wildman–Crippen MR) is 72.1 cm³/mol. The molecule has 0 spiro atoms. The number of nitro groups is 1. The fraction of sp³-hybridized carbons (Fsp3) is 0.462. The number of aliphatic carboxylic acids is 1. The van der Waals surface area contributed by atoms with Gasteiger partial charge in [0.2, 0.25) is 0 Å². The Morgan fingerprint density at radius 1 is 1.57 bits per heavy atom. The van der Waals surface area contributed by atoms with Crippen molar-refractivity contribution in [2.45, 2.75) is 6.92 Å². The van der Waals surface area contributed by atoms with Gasteiger partial charge in [0.15, 0.2) is 11.6 Å². The zero-order chi connectivity index (χ0) is 15.7. The van der Waals surface area contributed by atoms with Gasteiger partial charge in [0.25, 0.3) is 5.69 Å². The zero-order valence-electron chi connectivity index (χ0n) is 11.6. The molecule has 0 amide bonds. The standard InChI is InChI=1S/C13H15FN2O5/c1-7(13(17)18)8-5-15(6-8)10-4-12(21-2)9(14)3-11(10)16(19)20/h3-4,7-8H,5-6H2,1-2H3,(H,17,18). The van der Waals surface area contributed by atoms with Gasteiger partial charge >= 0.3 is 5.97 Å². The normalized spacial score (nSPS) is 16.2. The first-order chi connectivity index (χ1) is 9.85. The molecule has 8 heteroatoms. The first-order valence-corrected chi connectivity index (χ1v) is 6.34. The quantitative estimate of drug-likeness (QED) is 0.659. The summed E-state index contributed by atoms with van der Waals surface area (Å²) in [6, 6.07) is 2.09. The van der Waals surface area contributed by atoms with Gasteiger partial charge in [-0.15, -0.1) is 0 Å². The Kier molecular flexibility index (Phi) is 3.97. The Morgan fingerprint density at radius 2 is 2.19 bits per heavy atom. The molecule has 0 aromatic heterocycles. The van der Waals surface area contributed by atoms with Gasteiger partial charge in [-0.05, 0) is 0 Å². The highest BCUT2D eigenvalue weighted by Gasteiger charge is 2.37. The smallest absolute Gasteiger partial charge is 0.306 e. The molecule has 7 nitrogen and oxygen atoms in total. The second kappa shape index (κ2) is 5.55. The van der Waals surface area contributed by atoms with Crippen LogP contribution in [0.3, 0.4) is 0 Å². The molecule has 1 heterocycles. The van der Waals surface area contributed by atoms with Crippen LogP contribution in [0.5, 0.6) is 5.75 Å². The maximum atomic E-state index is 13.6. The number of anilines is 1. The van der Waals surface area contributed by atoms with Crippen LogP contribution in [-0.4, -0.2) is 36.2 Å². The number of carbonyl (C=O) groups is 1. The lowest BCUT2D eigenvalue weighted by atomic mass is 9.86. The Hall–Kier alpha value is -2.38. The van der Waals surface area contributed by atoms with Crippen LogP contribution in [0.15, 0.2) is 12.1 Å². The fourth-order valence-corrected chi connectivity index (χ4v) is 2.32. The third-order valence-electron chi connectivity index (χ3n) is 3.79. The van der Waals surface area contributed by atoms with Crippen molar-refractivity contribution >= 4 is 17.3 Å². The number of carboxylic acid groups (broad SMARTS) is 1. The topological polar surface area (TPSA) is 92.9 Å². The molecule has 0 bridgehead atoms. The largest absolute Gasteiger partial charge is 0.494 e. The molecule has 1 unspecified atom stereocenters. The molecule has 1 fully saturated rings. The second-order valence-electron chi connectivity index (χ2n) is 5.02. The van der Waals surface area contributed by atoms with Crippen LogP contribution in [-0.2, 0) is 4.79 Å². The molecule has 1 N–H and O–H groups in total. The van der Waals surface area contributed by atoms with Crippen LogP contribution in [0.4, 0.5) is 15.8 Å². The fourth-order valence-electron chi connectivity index (χ4n) is 2.32. The molecule has 1 aromatic rings. The van der Waals surface area contributed by atoms with Crippen LogP contribution in [0, 0.1) is 27.8 Å². The minimum absolute atomic E-state index is 0.0784. The molecule has 2 rings (SSSR count). The molecule has 114 valence electrons. The molecule has 0 saturated carbocycles. The summed E-state index contributed by atoms with van der Waals surface area (Å²) in [4.78, 5) is 22.9. The lowest BCUT2D eigenvalue weighted by Crippen LogP contribution is -2.51. The van der Waals surface area contributed by atoms with Crippen molar-refractivity contribution in [3.05, 3.63) is 28.1 Å². The number of hydrogen-bond donors (Lipinski definition) is 1. The predicted octanol–water partition coefficient (Wildman–Crippen LogP) is 1.90. The lowest BCUT2D eigenvalue weighted by Gasteiger charge is -2.42. The van der Waals surface area contributed by atoms with Crippen molar-refractivity contribution < 1.29 is 24.0 Å². The minimum Gasteiger partial charge on any atom is -0.494 e. The highest BCUT2D eigenvalue weighted by atomic mass is 19.1. The Balaban J connectivity index is 2.25. The van der Waals surface area contributed by atoms with E-state index in [1.807, 2.05) is 0 Å². The van der Waals surface area contributed by atoms with Crippen LogP contribution in [0.2, 0.25) is 0 Å². The van der Waals surface area contributed by atoms with E-state index in [9.17, 15) is 19.3 Å².